The highest BCUT2D eigenvalue weighted by molar-refractivity contribution is 7.26. The molecule has 0 N–H and O–H groups in total. The van der Waals surface area contributed by atoms with Gasteiger partial charge in [-0.15, -0.1) is 11.3 Å². The highest BCUT2D eigenvalue weighted by atomic mass is 32.1. The molecular formula is C41H24N4S. The largest absolute Gasteiger partial charge is 0.277 e. The second-order valence-corrected chi connectivity index (χ2v) is 12.7. The van der Waals surface area contributed by atoms with E-state index in [1.807, 2.05) is 47.9 Å². The van der Waals surface area contributed by atoms with Crippen LogP contribution in [0.25, 0.3) is 92.1 Å². The van der Waals surface area contributed by atoms with Crippen LogP contribution in [0.15, 0.2) is 146 Å². The van der Waals surface area contributed by atoms with E-state index >= 15 is 0 Å². The zero-order chi connectivity index (χ0) is 30.2. The van der Waals surface area contributed by atoms with Gasteiger partial charge in [-0.25, -0.2) is 9.97 Å². The molecule has 0 saturated heterocycles. The fraction of sp³-hybridized carbons (Fsp3) is 0. The summed E-state index contributed by atoms with van der Waals surface area (Å²) in [6.07, 6.45) is 1.93. The zero-order valence-electron chi connectivity index (χ0n) is 24.6. The van der Waals surface area contributed by atoms with Gasteiger partial charge in [0.25, 0.3) is 0 Å². The van der Waals surface area contributed by atoms with Crippen LogP contribution in [0.4, 0.5) is 0 Å². The summed E-state index contributed by atoms with van der Waals surface area (Å²) in [5.41, 5.74) is 6.96. The molecule has 214 valence electrons. The molecule has 46 heavy (non-hydrogen) atoms. The standard InChI is InChI=1S/C41H24N4S/c1-2-10-25(11-3-1)33-23-20-27(24-42-33)38-32-14-4-7-15-34(32)43-41(44-38)45-35-16-8-5-12-28(35)30-21-18-26-19-22-31-29-13-6-9-17-36(29)46-40(31)37(26)39(30)45/h1-24H. The number of pyridine rings is 1. The fourth-order valence-electron chi connectivity index (χ4n) is 6.95. The van der Waals surface area contributed by atoms with Crippen molar-refractivity contribution in [2.24, 2.45) is 0 Å². The molecule has 4 aromatic heterocycles. The first-order valence-electron chi connectivity index (χ1n) is 15.4. The number of rotatable bonds is 3. The van der Waals surface area contributed by atoms with Crippen molar-refractivity contribution in [1.29, 1.82) is 0 Å². The molecule has 4 heterocycles. The zero-order valence-corrected chi connectivity index (χ0v) is 25.4. The summed E-state index contributed by atoms with van der Waals surface area (Å²) in [4.78, 5) is 15.4. The lowest BCUT2D eigenvalue weighted by atomic mass is 10.0. The van der Waals surface area contributed by atoms with Gasteiger partial charge in [0.05, 0.1) is 27.9 Å². The van der Waals surface area contributed by atoms with E-state index in [1.54, 1.807) is 0 Å². The molecule has 0 aliphatic rings. The van der Waals surface area contributed by atoms with Gasteiger partial charge < -0.3 is 0 Å². The number of benzene rings is 6. The smallest absolute Gasteiger partial charge is 0.235 e. The minimum atomic E-state index is 0.651. The quantitative estimate of drug-likeness (QED) is 0.201. The summed E-state index contributed by atoms with van der Waals surface area (Å²) < 4.78 is 4.86. The van der Waals surface area contributed by atoms with Crippen molar-refractivity contribution in [2.45, 2.75) is 0 Å². The topological polar surface area (TPSA) is 43.6 Å². The van der Waals surface area contributed by atoms with E-state index in [2.05, 4.69) is 114 Å². The summed E-state index contributed by atoms with van der Waals surface area (Å²) in [6.45, 7) is 0. The predicted molar refractivity (Wildman–Crippen MR) is 193 cm³/mol. The lowest BCUT2D eigenvalue weighted by molar-refractivity contribution is 1.02. The molecular weight excluding hydrogens is 581 g/mol. The van der Waals surface area contributed by atoms with Crippen LogP contribution in [0.5, 0.6) is 0 Å². The third-order valence-electron chi connectivity index (χ3n) is 9.06. The van der Waals surface area contributed by atoms with Crippen LogP contribution in [-0.4, -0.2) is 19.5 Å². The van der Waals surface area contributed by atoms with E-state index in [4.69, 9.17) is 15.0 Å². The molecule has 0 unspecified atom stereocenters. The molecule has 0 saturated carbocycles. The highest BCUT2D eigenvalue weighted by Crippen LogP contribution is 2.44. The Morgan fingerprint density at radius 1 is 0.522 bits per heavy atom. The average molecular weight is 605 g/mol. The Labute approximate surface area is 267 Å². The van der Waals surface area contributed by atoms with Crippen LogP contribution in [0.1, 0.15) is 0 Å². The van der Waals surface area contributed by atoms with E-state index in [-0.39, 0.29) is 0 Å². The Hall–Kier alpha value is -5.91. The molecule has 0 radical (unpaired) electrons. The summed E-state index contributed by atoms with van der Waals surface area (Å²) in [5, 5.41) is 8.39. The molecule has 10 aromatic rings. The van der Waals surface area contributed by atoms with E-state index < -0.39 is 0 Å². The van der Waals surface area contributed by atoms with Gasteiger partial charge in [-0.2, -0.15) is 0 Å². The second-order valence-electron chi connectivity index (χ2n) is 11.6. The van der Waals surface area contributed by atoms with Crippen LogP contribution >= 0.6 is 11.3 Å². The summed E-state index contributed by atoms with van der Waals surface area (Å²) in [7, 11) is 0. The Bertz CT molecular complexity index is 2790. The van der Waals surface area contributed by atoms with Crippen molar-refractivity contribution in [3.05, 3.63) is 146 Å². The summed E-state index contributed by atoms with van der Waals surface area (Å²) in [5.74, 6) is 0.651. The number of para-hydroxylation sites is 2. The third kappa shape index (κ3) is 3.69. The van der Waals surface area contributed by atoms with Crippen molar-refractivity contribution < 1.29 is 0 Å². The maximum absolute atomic E-state index is 5.36. The van der Waals surface area contributed by atoms with Gasteiger partial charge in [0, 0.05) is 59.0 Å². The SMILES string of the molecule is c1ccc(-c2ccc(-c3nc(-n4c5ccccc5c5ccc6ccc7c8ccccc8sc7c6c54)nc4ccccc34)cn2)cc1. The fourth-order valence-corrected chi connectivity index (χ4v) is 8.21. The number of thiophene rings is 1. The van der Waals surface area contributed by atoms with E-state index in [0.29, 0.717) is 5.95 Å². The first-order chi connectivity index (χ1) is 22.8. The van der Waals surface area contributed by atoms with E-state index in [0.717, 1.165) is 44.5 Å². The van der Waals surface area contributed by atoms with Gasteiger partial charge in [0.1, 0.15) is 0 Å². The minimum absolute atomic E-state index is 0.651. The van der Waals surface area contributed by atoms with Crippen molar-refractivity contribution in [3.63, 3.8) is 0 Å². The molecule has 6 aromatic carbocycles. The Morgan fingerprint density at radius 3 is 2.11 bits per heavy atom. The normalized spacial score (nSPS) is 11.9. The van der Waals surface area contributed by atoms with Crippen LogP contribution in [0.2, 0.25) is 0 Å². The van der Waals surface area contributed by atoms with Crippen LogP contribution < -0.4 is 0 Å². The molecule has 0 spiro atoms. The molecule has 0 atom stereocenters. The van der Waals surface area contributed by atoms with Crippen molar-refractivity contribution >= 4 is 75.0 Å². The first-order valence-corrected chi connectivity index (χ1v) is 16.2. The molecule has 4 nitrogen and oxygen atoms in total. The van der Waals surface area contributed by atoms with Gasteiger partial charge in [-0.05, 0) is 35.7 Å². The Kier molecular flexibility index (Phi) is 5.41. The molecule has 10 rings (SSSR count). The minimum Gasteiger partial charge on any atom is -0.277 e. The molecule has 0 amide bonds. The van der Waals surface area contributed by atoms with Gasteiger partial charge in [-0.1, -0.05) is 109 Å². The van der Waals surface area contributed by atoms with Gasteiger partial charge in [0.15, 0.2) is 0 Å². The predicted octanol–water partition coefficient (Wildman–Crippen LogP) is 11.0. The summed E-state index contributed by atoms with van der Waals surface area (Å²) >= 11 is 1.86. The molecule has 0 fully saturated rings. The molecule has 5 heteroatoms. The van der Waals surface area contributed by atoms with Crippen LogP contribution in [0, 0.1) is 0 Å². The van der Waals surface area contributed by atoms with Crippen molar-refractivity contribution in [1.82, 2.24) is 19.5 Å². The Balaban J connectivity index is 1.30. The average Bonchev–Trinajstić information content (AvgIpc) is 3.68. The lowest BCUT2D eigenvalue weighted by Gasteiger charge is -2.13. The highest BCUT2D eigenvalue weighted by Gasteiger charge is 2.21. The van der Waals surface area contributed by atoms with Crippen LogP contribution in [0.3, 0.4) is 0 Å². The maximum Gasteiger partial charge on any atom is 0.235 e. The lowest BCUT2D eigenvalue weighted by Crippen LogP contribution is -2.04. The Morgan fingerprint density at radius 2 is 1.26 bits per heavy atom. The van der Waals surface area contributed by atoms with Crippen molar-refractivity contribution in [2.75, 3.05) is 0 Å². The number of hydrogen-bond donors (Lipinski definition) is 0. The number of nitrogens with zero attached hydrogens (tertiary/aromatic N) is 4. The second kappa shape index (κ2) is 9.80. The third-order valence-corrected chi connectivity index (χ3v) is 10.3. The first kappa shape index (κ1) is 25.4. The number of fused-ring (bicyclic) bond motifs is 10. The summed E-state index contributed by atoms with van der Waals surface area (Å²) in [6, 6.07) is 49.1. The van der Waals surface area contributed by atoms with E-state index in [1.165, 1.54) is 41.7 Å². The number of hydrogen-bond acceptors (Lipinski definition) is 4. The van der Waals surface area contributed by atoms with Crippen LogP contribution in [-0.2, 0) is 0 Å². The van der Waals surface area contributed by atoms with Gasteiger partial charge in [0.2, 0.25) is 5.95 Å². The molecule has 0 bridgehead atoms. The monoisotopic (exact) mass is 604 g/mol. The number of aromatic nitrogens is 4. The van der Waals surface area contributed by atoms with Gasteiger partial charge in [-0.3, -0.25) is 9.55 Å². The molecule has 0 aliphatic heterocycles. The van der Waals surface area contributed by atoms with Crippen molar-refractivity contribution in [3.8, 4) is 28.5 Å². The van der Waals surface area contributed by atoms with E-state index in [9.17, 15) is 0 Å². The van der Waals surface area contributed by atoms with Gasteiger partial charge >= 0.3 is 0 Å². The maximum atomic E-state index is 5.36. The molecule has 0 aliphatic carbocycles.